The zero-order valence-corrected chi connectivity index (χ0v) is 14.9. The lowest BCUT2D eigenvalue weighted by molar-refractivity contribution is 0.0950. The Morgan fingerprint density at radius 3 is 2.04 bits per heavy atom. The van der Waals surface area contributed by atoms with Crippen molar-refractivity contribution in [3.8, 4) is 23.0 Å². The first-order valence-electron chi connectivity index (χ1n) is 7.92. The van der Waals surface area contributed by atoms with E-state index >= 15 is 0 Å². The summed E-state index contributed by atoms with van der Waals surface area (Å²) < 4.78 is 21.2. The molecule has 0 saturated heterocycles. The lowest BCUT2D eigenvalue weighted by atomic mass is 10.1. The van der Waals surface area contributed by atoms with Gasteiger partial charge in [0.15, 0.2) is 11.5 Å². The van der Waals surface area contributed by atoms with Gasteiger partial charge in [-0.25, -0.2) is 0 Å². The molecule has 2 rings (SSSR count). The van der Waals surface area contributed by atoms with Crippen molar-refractivity contribution in [3.05, 3.63) is 47.5 Å². The molecule has 0 radical (unpaired) electrons. The summed E-state index contributed by atoms with van der Waals surface area (Å²) in [6, 6.07) is 10.8. The quantitative estimate of drug-likeness (QED) is 0.796. The van der Waals surface area contributed by atoms with Crippen molar-refractivity contribution in [2.75, 3.05) is 27.9 Å². The van der Waals surface area contributed by atoms with Crippen molar-refractivity contribution in [2.24, 2.45) is 0 Å². The molecule has 1 N–H and O–H groups in total. The Kier molecular flexibility index (Phi) is 6.51. The van der Waals surface area contributed by atoms with Gasteiger partial charge < -0.3 is 24.3 Å². The summed E-state index contributed by atoms with van der Waals surface area (Å²) in [5.74, 6) is 1.91. The lowest BCUT2D eigenvalue weighted by Gasteiger charge is -2.14. The van der Waals surface area contributed by atoms with Gasteiger partial charge in [0.2, 0.25) is 5.75 Å². The predicted molar refractivity (Wildman–Crippen MR) is 94.9 cm³/mol. The van der Waals surface area contributed by atoms with E-state index in [0.717, 1.165) is 11.3 Å². The molecule has 134 valence electrons. The maximum Gasteiger partial charge on any atom is 0.251 e. The smallest absolute Gasteiger partial charge is 0.251 e. The third-order valence-electron chi connectivity index (χ3n) is 3.61. The zero-order chi connectivity index (χ0) is 18.2. The molecule has 0 aliphatic carbocycles. The molecule has 6 nitrogen and oxygen atoms in total. The van der Waals surface area contributed by atoms with Crippen LogP contribution in [0.4, 0.5) is 0 Å². The number of hydrogen-bond acceptors (Lipinski definition) is 5. The summed E-state index contributed by atoms with van der Waals surface area (Å²) in [5, 5.41) is 2.88. The molecular formula is C19H23NO5. The Labute approximate surface area is 147 Å². The largest absolute Gasteiger partial charge is 0.494 e. The van der Waals surface area contributed by atoms with E-state index in [9.17, 15) is 4.79 Å². The molecule has 0 bridgehead atoms. The van der Waals surface area contributed by atoms with Crippen LogP contribution >= 0.6 is 0 Å². The highest BCUT2D eigenvalue weighted by atomic mass is 16.5. The topological polar surface area (TPSA) is 66.0 Å². The van der Waals surface area contributed by atoms with Crippen LogP contribution in [-0.2, 0) is 6.54 Å². The summed E-state index contributed by atoms with van der Waals surface area (Å²) in [5.41, 5.74) is 1.41. The van der Waals surface area contributed by atoms with Crippen molar-refractivity contribution >= 4 is 5.91 Å². The van der Waals surface area contributed by atoms with Gasteiger partial charge in [-0.15, -0.1) is 0 Å². The molecule has 0 aliphatic rings. The number of carbonyl (C=O) groups excluding carboxylic acids is 1. The zero-order valence-electron chi connectivity index (χ0n) is 14.9. The third-order valence-corrected chi connectivity index (χ3v) is 3.61. The van der Waals surface area contributed by atoms with E-state index in [2.05, 4.69) is 5.32 Å². The second-order valence-electron chi connectivity index (χ2n) is 5.17. The van der Waals surface area contributed by atoms with Crippen LogP contribution in [0, 0.1) is 0 Å². The van der Waals surface area contributed by atoms with Crippen LogP contribution in [0.2, 0.25) is 0 Å². The molecule has 0 aliphatic heterocycles. The average Bonchev–Trinajstić information content (AvgIpc) is 2.66. The maximum atomic E-state index is 12.4. The SMILES string of the molecule is CCOc1ccc(CNC(=O)c2cc(OC)c(OC)c(OC)c2)cc1. The molecule has 0 saturated carbocycles. The van der Waals surface area contributed by atoms with Gasteiger partial charge in [0.05, 0.1) is 27.9 Å². The first kappa shape index (κ1) is 18.4. The Morgan fingerprint density at radius 2 is 1.56 bits per heavy atom. The van der Waals surface area contributed by atoms with E-state index in [1.807, 2.05) is 31.2 Å². The van der Waals surface area contributed by atoms with Gasteiger partial charge in [-0.2, -0.15) is 0 Å². The molecule has 6 heteroatoms. The molecule has 0 atom stereocenters. The highest BCUT2D eigenvalue weighted by Crippen LogP contribution is 2.38. The van der Waals surface area contributed by atoms with E-state index in [4.69, 9.17) is 18.9 Å². The summed E-state index contributed by atoms with van der Waals surface area (Å²) in [6.07, 6.45) is 0. The van der Waals surface area contributed by atoms with Crippen molar-refractivity contribution in [1.29, 1.82) is 0 Å². The number of carbonyl (C=O) groups is 1. The number of amides is 1. The van der Waals surface area contributed by atoms with Gasteiger partial charge in [-0.05, 0) is 36.8 Å². The lowest BCUT2D eigenvalue weighted by Crippen LogP contribution is -2.23. The van der Waals surface area contributed by atoms with Gasteiger partial charge in [0.25, 0.3) is 5.91 Å². The molecule has 1 amide bonds. The molecule has 0 heterocycles. The van der Waals surface area contributed by atoms with Crippen molar-refractivity contribution in [3.63, 3.8) is 0 Å². The standard InChI is InChI=1S/C19H23NO5/c1-5-25-15-8-6-13(7-9-15)12-20-19(21)14-10-16(22-2)18(24-4)17(11-14)23-3/h6-11H,5,12H2,1-4H3,(H,20,21). The second kappa shape index (κ2) is 8.82. The number of methoxy groups -OCH3 is 3. The molecule has 0 unspecified atom stereocenters. The first-order chi connectivity index (χ1) is 12.1. The first-order valence-corrected chi connectivity index (χ1v) is 7.92. The van der Waals surface area contributed by atoms with Crippen molar-refractivity contribution in [2.45, 2.75) is 13.5 Å². The molecule has 25 heavy (non-hydrogen) atoms. The highest BCUT2D eigenvalue weighted by molar-refractivity contribution is 5.95. The van der Waals surface area contributed by atoms with Crippen LogP contribution in [0.1, 0.15) is 22.8 Å². The molecule has 2 aromatic carbocycles. The number of hydrogen-bond donors (Lipinski definition) is 1. The summed E-state index contributed by atoms with van der Waals surface area (Å²) in [7, 11) is 4.55. The molecular weight excluding hydrogens is 322 g/mol. The number of ether oxygens (including phenoxy) is 4. The highest BCUT2D eigenvalue weighted by Gasteiger charge is 2.16. The normalized spacial score (nSPS) is 10.1. The molecule has 0 fully saturated rings. The maximum absolute atomic E-state index is 12.4. The second-order valence-corrected chi connectivity index (χ2v) is 5.17. The van der Waals surface area contributed by atoms with Crippen LogP contribution in [0.3, 0.4) is 0 Å². The summed E-state index contributed by atoms with van der Waals surface area (Å²) >= 11 is 0. The predicted octanol–water partition coefficient (Wildman–Crippen LogP) is 3.04. The number of benzene rings is 2. The Morgan fingerprint density at radius 1 is 0.960 bits per heavy atom. The number of nitrogens with one attached hydrogen (secondary N) is 1. The van der Waals surface area contributed by atoms with Crippen LogP contribution < -0.4 is 24.3 Å². The van der Waals surface area contributed by atoms with E-state index < -0.39 is 0 Å². The Bertz CT molecular complexity index is 687. The monoisotopic (exact) mass is 345 g/mol. The minimum absolute atomic E-state index is 0.229. The molecule has 2 aromatic rings. The summed E-state index contributed by atoms with van der Waals surface area (Å²) in [6.45, 7) is 2.96. The van der Waals surface area contributed by atoms with Gasteiger partial charge in [0.1, 0.15) is 5.75 Å². The summed E-state index contributed by atoms with van der Waals surface area (Å²) in [4.78, 5) is 12.4. The van der Waals surface area contributed by atoms with E-state index in [1.165, 1.54) is 21.3 Å². The average molecular weight is 345 g/mol. The number of rotatable bonds is 8. The third kappa shape index (κ3) is 4.56. The minimum atomic E-state index is -0.229. The molecule has 0 aromatic heterocycles. The van der Waals surface area contributed by atoms with E-state index in [1.54, 1.807) is 12.1 Å². The Hall–Kier alpha value is -2.89. The van der Waals surface area contributed by atoms with Gasteiger partial charge in [0, 0.05) is 12.1 Å². The van der Waals surface area contributed by atoms with Crippen LogP contribution in [-0.4, -0.2) is 33.8 Å². The van der Waals surface area contributed by atoms with Crippen molar-refractivity contribution < 1.29 is 23.7 Å². The van der Waals surface area contributed by atoms with Crippen LogP contribution in [0.25, 0.3) is 0 Å². The van der Waals surface area contributed by atoms with Crippen LogP contribution in [0.15, 0.2) is 36.4 Å². The van der Waals surface area contributed by atoms with Crippen molar-refractivity contribution in [1.82, 2.24) is 5.32 Å². The van der Waals surface area contributed by atoms with Crippen LogP contribution in [0.5, 0.6) is 23.0 Å². The minimum Gasteiger partial charge on any atom is -0.494 e. The fourth-order valence-corrected chi connectivity index (χ4v) is 2.37. The van der Waals surface area contributed by atoms with Gasteiger partial charge in [-0.1, -0.05) is 12.1 Å². The van der Waals surface area contributed by atoms with Gasteiger partial charge >= 0.3 is 0 Å². The van der Waals surface area contributed by atoms with E-state index in [0.29, 0.717) is 36.0 Å². The van der Waals surface area contributed by atoms with E-state index in [-0.39, 0.29) is 5.91 Å². The Balaban J connectivity index is 2.09. The fourth-order valence-electron chi connectivity index (χ4n) is 2.37. The fraction of sp³-hybridized carbons (Fsp3) is 0.316. The molecule has 0 spiro atoms. The van der Waals surface area contributed by atoms with Gasteiger partial charge in [-0.3, -0.25) is 4.79 Å².